The lowest BCUT2D eigenvalue weighted by atomic mass is 10.2. The number of hydrogen-bond donors (Lipinski definition) is 2. The van der Waals surface area contributed by atoms with Gasteiger partial charge in [-0.1, -0.05) is 11.8 Å². The molecule has 0 aliphatic heterocycles. The van der Waals surface area contributed by atoms with Gasteiger partial charge in [-0.3, -0.25) is 4.98 Å². The second kappa shape index (κ2) is 6.48. The van der Waals surface area contributed by atoms with Crippen molar-refractivity contribution in [3.8, 4) is 6.07 Å². The Kier molecular flexibility index (Phi) is 4.41. The minimum atomic E-state index is 0.0392. The number of nitrogens with one attached hydrogen (secondary N) is 1. The molecule has 3 N–H and O–H groups in total. The van der Waals surface area contributed by atoms with E-state index in [1.807, 2.05) is 19.2 Å². The van der Waals surface area contributed by atoms with Crippen LogP contribution in [0.2, 0.25) is 0 Å². The number of rotatable bonds is 4. The van der Waals surface area contributed by atoms with Crippen LogP contribution < -0.4 is 5.73 Å². The first-order chi connectivity index (χ1) is 11.1. The van der Waals surface area contributed by atoms with E-state index < -0.39 is 0 Å². The topological polar surface area (TPSA) is 104 Å². The molecule has 8 heteroatoms. The predicted octanol–water partition coefficient (Wildman–Crippen LogP) is 3.38. The average Bonchev–Trinajstić information content (AvgIpc) is 2.96. The Morgan fingerprint density at radius 2 is 2.17 bits per heavy atom. The molecule has 3 aromatic heterocycles. The molecule has 23 heavy (non-hydrogen) atoms. The average molecular weight is 342 g/mol. The highest BCUT2D eigenvalue weighted by molar-refractivity contribution is 7.99. The van der Waals surface area contributed by atoms with Crippen LogP contribution in [0.4, 0.5) is 5.82 Å². The zero-order chi connectivity index (χ0) is 16.4. The third kappa shape index (κ3) is 3.25. The van der Waals surface area contributed by atoms with Crippen LogP contribution >= 0.6 is 23.5 Å². The first kappa shape index (κ1) is 15.6. The number of aromatic amines is 1. The molecule has 0 amide bonds. The van der Waals surface area contributed by atoms with E-state index >= 15 is 0 Å². The Balaban J connectivity index is 1.90. The summed E-state index contributed by atoms with van der Waals surface area (Å²) in [6.45, 7) is 2.03. The molecule has 116 valence electrons. The Hall–Kier alpha value is -2.24. The molecular formula is C15H14N6S2. The molecule has 3 heterocycles. The van der Waals surface area contributed by atoms with Gasteiger partial charge >= 0.3 is 0 Å². The maximum atomic E-state index is 9.15. The van der Waals surface area contributed by atoms with Crippen molar-refractivity contribution < 1.29 is 0 Å². The quantitative estimate of drug-likeness (QED) is 0.425. The van der Waals surface area contributed by atoms with Crippen LogP contribution in [-0.4, -0.2) is 26.2 Å². The normalized spacial score (nSPS) is 12.2. The second-order valence-electron chi connectivity index (χ2n) is 4.85. The molecule has 6 nitrogen and oxygen atoms in total. The zero-order valence-electron chi connectivity index (χ0n) is 12.6. The van der Waals surface area contributed by atoms with Crippen molar-refractivity contribution in [1.82, 2.24) is 19.9 Å². The highest BCUT2D eigenvalue weighted by Crippen LogP contribution is 2.34. The van der Waals surface area contributed by atoms with Crippen molar-refractivity contribution in [2.24, 2.45) is 0 Å². The van der Waals surface area contributed by atoms with E-state index in [1.165, 1.54) is 23.5 Å². The second-order valence-corrected chi connectivity index (χ2v) is 6.98. The van der Waals surface area contributed by atoms with Gasteiger partial charge in [0.15, 0.2) is 5.16 Å². The molecule has 1 atom stereocenters. The van der Waals surface area contributed by atoms with Gasteiger partial charge in [-0.15, -0.1) is 11.8 Å². The molecular weight excluding hydrogens is 328 g/mol. The highest BCUT2D eigenvalue weighted by atomic mass is 32.2. The SMILES string of the molecule is CSc1cc(N)nc(SC(C)c2cc3c(C#N)c[nH]c3cn2)n1. The number of fused-ring (bicyclic) bond motifs is 1. The fourth-order valence-corrected chi connectivity index (χ4v) is 3.50. The maximum Gasteiger partial charge on any atom is 0.191 e. The summed E-state index contributed by atoms with van der Waals surface area (Å²) in [6.07, 6.45) is 5.39. The van der Waals surface area contributed by atoms with E-state index in [9.17, 15) is 0 Å². The molecule has 3 aromatic rings. The molecule has 0 radical (unpaired) electrons. The van der Waals surface area contributed by atoms with Crippen LogP contribution in [-0.2, 0) is 0 Å². The van der Waals surface area contributed by atoms with Crippen LogP contribution in [0, 0.1) is 11.3 Å². The fourth-order valence-electron chi connectivity index (χ4n) is 2.15. The lowest BCUT2D eigenvalue weighted by molar-refractivity contribution is 0.888. The molecule has 0 aliphatic carbocycles. The third-order valence-corrected chi connectivity index (χ3v) is 4.93. The maximum absolute atomic E-state index is 9.15. The third-order valence-electron chi connectivity index (χ3n) is 3.32. The van der Waals surface area contributed by atoms with Crippen molar-refractivity contribution >= 4 is 40.2 Å². The minimum Gasteiger partial charge on any atom is -0.384 e. The van der Waals surface area contributed by atoms with Crippen LogP contribution in [0.25, 0.3) is 10.9 Å². The summed E-state index contributed by atoms with van der Waals surface area (Å²) in [4.78, 5) is 16.2. The van der Waals surface area contributed by atoms with Gasteiger partial charge in [0.2, 0.25) is 0 Å². The highest BCUT2D eigenvalue weighted by Gasteiger charge is 2.14. The number of nitrogens with two attached hydrogens (primary N) is 1. The van der Waals surface area contributed by atoms with Gasteiger partial charge in [-0.05, 0) is 19.2 Å². The summed E-state index contributed by atoms with van der Waals surface area (Å²) in [7, 11) is 0. The Labute approximate surface area is 141 Å². The number of nitrogen functional groups attached to an aromatic ring is 1. The van der Waals surface area contributed by atoms with E-state index in [4.69, 9.17) is 11.0 Å². The molecule has 3 rings (SSSR count). The minimum absolute atomic E-state index is 0.0392. The molecule has 0 fully saturated rings. The molecule has 0 bridgehead atoms. The summed E-state index contributed by atoms with van der Waals surface area (Å²) in [6, 6.07) is 5.87. The molecule has 1 unspecified atom stereocenters. The predicted molar refractivity (Wildman–Crippen MR) is 93.3 cm³/mol. The van der Waals surface area contributed by atoms with Gasteiger partial charge < -0.3 is 10.7 Å². The van der Waals surface area contributed by atoms with Crippen LogP contribution in [0.5, 0.6) is 0 Å². The van der Waals surface area contributed by atoms with E-state index in [2.05, 4.69) is 26.0 Å². The monoisotopic (exact) mass is 342 g/mol. The number of aromatic nitrogens is 4. The lowest BCUT2D eigenvalue weighted by Crippen LogP contribution is -1.99. The number of pyridine rings is 1. The first-order valence-electron chi connectivity index (χ1n) is 6.83. The number of H-pyrrole nitrogens is 1. The van der Waals surface area contributed by atoms with Crippen LogP contribution in [0.3, 0.4) is 0 Å². The Bertz CT molecular complexity index is 899. The number of anilines is 1. The van der Waals surface area contributed by atoms with E-state index in [-0.39, 0.29) is 5.25 Å². The summed E-state index contributed by atoms with van der Waals surface area (Å²) >= 11 is 3.02. The Morgan fingerprint density at radius 3 is 2.91 bits per heavy atom. The van der Waals surface area contributed by atoms with E-state index in [0.717, 1.165) is 21.6 Å². The smallest absolute Gasteiger partial charge is 0.191 e. The molecule has 0 saturated heterocycles. The van der Waals surface area contributed by atoms with Gasteiger partial charge in [0, 0.05) is 17.6 Å². The molecule has 0 spiro atoms. The molecule has 0 aromatic carbocycles. The summed E-state index contributed by atoms with van der Waals surface area (Å²) < 4.78 is 0. The van der Waals surface area contributed by atoms with Crippen molar-refractivity contribution in [2.45, 2.75) is 22.4 Å². The lowest BCUT2D eigenvalue weighted by Gasteiger charge is -2.10. The van der Waals surface area contributed by atoms with Crippen LogP contribution in [0.1, 0.15) is 23.4 Å². The van der Waals surface area contributed by atoms with Gasteiger partial charge in [-0.25, -0.2) is 9.97 Å². The van der Waals surface area contributed by atoms with Crippen molar-refractivity contribution in [3.05, 3.63) is 35.8 Å². The fraction of sp³-hybridized carbons (Fsp3) is 0.200. The van der Waals surface area contributed by atoms with E-state index in [1.54, 1.807) is 18.5 Å². The van der Waals surface area contributed by atoms with Crippen molar-refractivity contribution in [1.29, 1.82) is 5.26 Å². The zero-order valence-corrected chi connectivity index (χ0v) is 14.2. The van der Waals surface area contributed by atoms with Crippen LogP contribution in [0.15, 0.2) is 34.7 Å². The number of nitrogens with zero attached hydrogens (tertiary/aromatic N) is 4. The number of thioether (sulfide) groups is 2. The molecule has 0 saturated carbocycles. The van der Waals surface area contributed by atoms with Gasteiger partial charge in [0.05, 0.1) is 28.2 Å². The van der Waals surface area contributed by atoms with Gasteiger partial charge in [0.25, 0.3) is 0 Å². The van der Waals surface area contributed by atoms with Gasteiger partial charge in [-0.2, -0.15) is 5.26 Å². The largest absolute Gasteiger partial charge is 0.384 e. The van der Waals surface area contributed by atoms with Crippen molar-refractivity contribution in [2.75, 3.05) is 12.0 Å². The summed E-state index contributed by atoms with van der Waals surface area (Å²) in [5.74, 6) is 0.458. The molecule has 0 aliphatic rings. The summed E-state index contributed by atoms with van der Waals surface area (Å²) in [5.41, 5.74) is 8.16. The van der Waals surface area contributed by atoms with E-state index in [0.29, 0.717) is 16.5 Å². The standard InChI is InChI=1S/C15H14N6S2/c1-8(23-15-20-13(17)4-14(21-15)22-2)11-3-10-9(5-16)6-18-12(10)7-19-11/h3-4,6-8,18H,1-2H3,(H2,17,20,21). The number of nitriles is 1. The summed E-state index contributed by atoms with van der Waals surface area (Å²) in [5, 5.41) is 11.5. The first-order valence-corrected chi connectivity index (χ1v) is 8.93. The number of hydrogen-bond acceptors (Lipinski definition) is 7. The van der Waals surface area contributed by atoms with Gasteiger partial charge in [0.1, 0.15) is 16.9 Å². The van der Waals surface area contributed by atoms with Crippen molar-refractivity contribution in [3.63, 3.8) is 0 Å². The Morgan fingerprint density at radius 1 is 1.35 bits per heavy atom.